The number of hydrogen-bond donors (Lipinski definition) is 1. The van der Waals surface area contributed by atoms with Crippen LogP contribution in [0.5, 0.6) is 0 Å². The number of hydrogen-bond acceptors (Lipinski definition) is 4. The van der Waals surface area contributed by atoms with Crippen LogP contribution in [0.15, 0.2) is 18.2 Å². The highest BCUT2D eigenvalue weighted by molar-refractivity contribution is 6.29. The van der Waals surface area contributed by atoms with E-state index in [1.807, 2.05) is 13.8 Å². The van der Waals surface area contributed by atoms with Gasteiger partial charge in [0.15, 0.2) is 0 Å². The van der Waals surface area contributed by atoms with Crippen LogP contribution in [-0.2, 0) is 9.53 Å². The summed E-state index contributed by atoms with van der Waals surface area (Å²) >= 11 is 5.75. The van der Waals surface area contributed by atoms with E-state index in [9.17, 15) is 9.59 Å². The molecule has 0 aliphatic rings. The third-order valence-corrected chi connectivity index (χ3v) is 2.77. The molecule has 0 unspecified atom stereocenters. The fourth-order valence-corrected chi connectivity index (χ4v) is 1.78. The Kier molecular flexibility index (Phi) is 5.72. The number of amides is 1. The van der Waals surface area contributed by atoms with Crippen LogP contribution in [-0.4, -0.2) is 28.5 Å². The highest BCUT2D eigenvalue weighted by atomic mass is 35.5. The highest BCUT2D eigenvalue weighted by Crippen LogP contribution is 2.13. The number of ether oxygens (including phenoxy) is 1. The number of nitrogens with zero attached hydrogens (tertiary/aromatic N) is 1. The Balaban J connectivity index is 2.84. The van der Waals surface area contributed by atoms with Crippen LogP contribution in [0.25, 0.3) is 0 Å². The summed E-state index contributed by atoms with van der Waals surface area (Å²) in [7, 11) is 0. The minimum absolute atomic E-state index is 0.108. The molecule has 1 aromatic rings. The second-order valence-electron chi connectivity index (χ2n) is 6.07. The van der Waals surface area contributed by atoms with Gasteiger partial charge in [-0.15, -0.1) is 0 Å². The van der Waals surface area contributed by atoms with E-state index in [0.717, 1.165) is 0 Å². The van der Waals surface area contributed by atoms with Gasteiger partial charge in [0.05, 0.1) is 0 Å². The lowest BCUT2D eigenvalue weighted by Crippen LogP contribution is -2.47. The minimum Gasteiger partial charge on any atom is -0.458 e. The highest BCUT2D eigenvalue weighted by Gasteiger charge is 2.29. The maximum Gasteiger partial charge on any atom is 0.329 e. The van der Waals surface area contributed by atoms with E-state index in [2.05, 4.69) is 10.3 Å². The average molecular weight is 313 g/mol. The molecule has 1 atom stereocenters. The lowest BCUT2D eigenvalue weighted by atomic mass is 10.0. The molecule has 6 heteroatoms. The first-order valence-electron chi connectivity index (χ1n) is 6.76. The van der Waals surface area contributed by atoms with Gasteiger partial charge < -0.3 is 10.1 Å². The van der Waals surface area contributed by atoms with Crippen LogP contribution in [0, 0.1) is 5.92 Å². The van der Waals surface area contributed by atoms with E-state index in [-0.39, 0.29) is 16.8 Å². The first-order chi connectivity index (χ1) is 9.60. The number of carbonyl (C=O) groups excluding carboxylic acids is 2. The smallest absolute Gasteiger partial charge is 0.329 e. The lowest BCUT2D eigenvalue weighted by Gasteiger charge is -2.26. The van der Waals surface area contributed by atoms with Crippen molar-refractivity contribution in [1.29, 1.82) is 0 Å². The molecule has 0 saturated heterocycles. The van der Waals surface area contributed by atoms with Gasteiger partial charge in [-0.25, -0.2) is 9.78 Å². The predicted molar refractivity (Wildman–Crippen MR) is 81.2 cm³/mol. The van der Waals surface area contributed by atoms with Gasteiger partial charge in [0.2, 0.25) is 0 Å². The normalized spacial score (nSPS) is 12.9. The maximum absolute atomic E-state index is 12.2. The van der Waals surface area contributed by atoms with Gasteiger partial charge in [-0.05, 0) is 38.8 Å². The Bertz CT molecular complexity index is 524. The molecule has 0 aromatic carbocycles. The summed E-state index contributed by atoms with van der Waals surface area (Å²) < 4.78 is 5.32. The van der Waals surface area contributed by atoms with Crippen molar-refractivity contribution in [2.24, 2.45) is 5.92 Å². The summed E-state index contributed by atoms with van der Waals surface area (Å²) in [4.78, 5) is 28.2. The number of aromatic nitrogens is 1. The Morgan fingerprint density at radius 3 is 2.38 bits per heavy atom. The Morgan fingerprint density at radius 2 is 1.90 bits per heavy atom. The molecule has 0 aliphatic heterocycles. The minimum atomic E-state index is -0.738. The fraction of sp³-hybridized carbons (Fsp3) is 0.533. The van der Waals surface area contributed by atoms with Crippen LogP contribution in [0.1, 0.15) is 45.1 Å². The monoisotopic (exact) mass is 312 g/mol. The molecule has 0 radical (unpaired) electrons. The van der Waals surface area contributed by atoms with Crippen molar-refractivity contribution in [3.8, 4) is 0 Å². The third-order valence-electron chi connectivity index (χ3n) is 2.56. The average Bonchev–Trinajstić information content (AvgIpc) is 2.32. The van der Waals surface area contributed by atoms with Crippen molar-refractivity contribution in [3.05, 3.63) is 29.0 Å². The summed E-state index contributed by atoms with van der Waals surface area (Å²) in [6.45, 7) is 9.01. The quantitative estimate of drug-likeness (QED) is 0.685. The van der Waals surface area contributed by atoms with E-state index >= 15 is 0 Å². The topological polar surface area (TPSA) is 68.3 Å². The third kappa shape index (κ3) is 5.71. The van der Waals surface area contributed by atoms with Crippen molar-refractivity contribution in [2.45, 2.75) is 46.3 Å². The van der Waals surface area contributed by atoms with Crippen LogP contribution < -0.4 is 5.32 Å². The second-order valence-corrected chi connectivity index (χ2v) is 6.46. The van der Waals surface area contributed by atoms with Crippen molar-refractivity contribution in [3.63, 3.8) is 0 Å². The van der Waals surface area contributed by atoms with Crippen LogP contribution in [0.4, 0.5) is 0 Å². The van der Waals surface area contributed by atoms with Gasteiger partial charge in [-0.1, -0.05) is 31.5 Å². The zero-order valence-corrected chi connectivity index (χ0v) is 13.7. The summed E-state index contributed by atoms with van der Waals surface area (Å²) in [6, 6.07) is 4.00. The van der Waals surface area contributed by atoms with Gasteiger partial charge in [-0.2, -0.15) is 0 Å². The summed E-state index contributed by atoms with van der Waals surface area (Å²) in [5, 5.41) is 2.87. The van der Waals surface area contributed by atoms with E-state index in [1.165, 1.54) is 6.07 Å². The summed E-state index contributed by atoms with van der Waals surface area (Å²) in [6.07, 6.45) is 0. The van der Waals surface area contributed by atoms with Gasteiger partial charge in [-0.3, -0.25) is 4.79 Å². The largest absolute Gasteiger partial charge is 0.458 e. The molecular weight excluding hydrogens is 292 g/mol. The molecule has 1 heterocycles. The Labute approximate surface area is 130 Å². The number of halogens is 1. The molecule has 1 aromatic heterocycles. The molecule has 0 aliphatic carbocycles. The molecule has 1 amide bonds. The van der Waals surface area contributed by atoms with Crippen LogP contribution in [0.3, 0.4) is 0 Å². The Morgan fingerprint density at radius 1 is 1.29 bits per heavy atom. The van der Waals surface area contributed by atoms with E-state index < -0.39 is 23.5 Å². The molecule has 0 fully saturated rings. The number of nitrogens with one attached hydrogen (secondary N) is 1. The van der Waals surface area contributed by atoms with Gasteiger partial charge >= 0.3 is 5.97 Å². The molecule has 0 bridgehead atoms. The first-order valence-corrected chi connectivity index (χ1v) is 7.14. The molecule has 1 N–H and O–H groups in total. The van der Waals surface area contributed by atoms with E-state index in [1.54, 1.807) is 32.9 Å². The molecular formula is C15H21ClN2O3. The molecule has 0 saturated carbocycles. The number of pyridine rings is 1. The first kappa shape index (κ1) is 17.4. The maximum atomic E-state index is 12.2. The Hall–Kier alpha value is -1.62. The number of esters is 1. The molecule has 116 valence electrons. The summed E-state index contributed by atoms with van der Waals surface area (Å²) in [5.74, 6) is -1.03. The van der Waals surface area contributed by atoms with Crippen molar-refractivity contribution < 1.29 is 14.3 Å². The fourth-order valence-electron chi connectivity index (χ4n) is 1.61. The van der Waals surface area contributed by atoms with Crippen molar-refractivity contribution >= 4 is 23.5 Å². The summed E-state index contributed by atoms with van der Waals surface area (Å²) in [5.41, 5.74) is -0.444. The van der Waals surface area contributed by atoms with E-state index in [4.69, 9.17) is 16.3 Å². The molecule has 1 rings (SSSR count). The lowest BCUT2D eigenvalue weighted by molar-refractivity contribution is -0.158. The van der Waals surface area contributed by atoms with Crippen LogP contribution in [0.2, 0.25) is 5.15 Å². The standard InChI is InChI=1S/C15H21ClN2O3/c1-9(2)12(14(20)21-15(3,4)5)18-13(19)10-7-6-8-11(16)17-10/h6-9,12H,1-5H3,(H,18,19)/t12-/m0/s1. The second kappa shape index (κ2) is 6.89. The predicted octanol–water partition coefficient (Wildman–Crippen LogP) is 2.83. The van der Waals surface area contributed by atoms with Crippen LogP contribution >= 0.6 is 11.6 Å². The van der Waals surface area contributed by atoms with Gasteiger partial charge in [0, 0.05) is 0 Å². The van der Waals surface area contributed by atoms with Crippen molar-refractivity contribution in [1.82, 2.24) is 10.3 Å². The van der Waals surface area contributed by atoms with E-state index in [0.29, 0.717) is 0 Å². The zero-order chi connectivity index (χ0) is 16.2. The molecule has 21 heavy (non-hydrogen) atoms. The number of rotatable bonds is 4. The molecule has 0 spiro atoms. The van der Waals surface area contributed by atoms with Crippen molar-refractivity contribution in [2.75, 3.05) is 0 Å². The van der Waals surface area contributed by atoms with Gasteiger partial charge in [0.25, 0.3) is 5.91 Å². The van der Waals surface area contributed by atoms with Gasteiger partial charge in [0.1, 0.15) is 22.5 Å². The SMILES string of the molecule is CC(C)[C@H](NC(=O)c1cccc(Cl)n1)C(=O)OC(C)(C)C. The zero-order valence-electron chi connectivity index (χ0n) is 12.9. The number of carbonyl (C=O) groups is 2. The molecule has 5 nitrogen and oxygen atoms in total.